The minimum Gasteiger partial charge on any atom is -0.466 e. The van der Waals surface area contributed by atoms with Crippen molar-refractivity contribution in [2.75, 3.05) is 13.2 Å². The highest BCUT2D eigenvalue weighted by Gasteiger charge is 2.07. The first-order valence-electron chi connectivity index (χ1n) is 9.90. The molecule has 4 nitrogen and oxygen atoms in total. The van der Waals surface area contributed by atoms with E-state index in [4.69, 9.17) is 9.47 Å². The molecule has 0 aliphatic rings. The molecule has 0 aliphatic heterocycles. The molecule has 0 heterocycles. The van der Waals surface area contributed by atoms with Crippen LogP contribution < -0.4 is 0 Å². The van der Waals surface area contributed by atoms with Crippen LogP contribution in [0.2, 0.25) is 0 Å². The van der Waals surface area contributed by atoms with Crippen molar-refractivity contribution in [1.29, 1.82) is 0 Å². The van der Waals surface area contributed by atoms with Crippen LogP contribution in [0.4, 0.5) is 0 Å². The zero-order valence-electron chi connectivity index (χ0n) is 16.8. The maximum Gasteiger partial charge on any atom is 0.305 e. The Bertz CT molecular complexity index is 383. The molecule has 0 fully saturated rings. The lowest BCUT2D eigenvalue weighted by atomic mass is 10.0. The highest BCUT2D eigenvalue weighted by atomic mass is 16.5. The molecule has 0 radical (unpaired) electrons. The third kappa shape index (κ3) is 17.3. The molecule has 0 amide bonds. The lowest BCUT2D eigenvalue weighted by Gasteiger charge is -2.10. The molecule has 1 unspecified atom stereocenters. The van der Waals surface area contributed by atoms with Crippen LogP contribution in [0.1, 0.15) is 91.9 Å². The zero-order valence-corrected chi connectivity index (χ0v) is 16.8. The summed E-state index contributed by atoms with van der Waals surface area (Å²) in [7, 11) is 0. The first kappa shape index (κ1) is 23.7. The van der Waals surface area contributed by atoms with Gasteiger partial charge in [-0.05, 0) is 58.3 Å². The summed E-state index contributed by atoms with van der Waals surface area (Å²) in [6.45, 7) is 9.54. The molecular formula is C21H38O4. The van der Waals surface area contributed by atoms with Crippen molar-refractivity contribution in [1.82, 2.24) is 0 Å². The van der Waals surface area contributed by atoms with E-state index in [1.807, 2.05) is 0 Å². The molecule has 0 rings (SSSR count). The summed E-state index contributed by atoms with van der Waals surface area (Å²) in [6, 6.07) is 0. The summed E-state index contributed by atoms with van der Waals surface area (Å²) in [5, 5.41) is 0. The van der Waals surface area contributed by atoms with Crippen LogP contribution in [0, 0.1) is 5.92 Å². The molecule has 0 aromatic rings. The van der Waals surface area contributed by atoms with Crippen molar-refractivity contribution in [2.45, 2.75) is 91.9 Å². The van der Waals surface area contributed by atoms with Crippen LogP contribution in [0.5, 0.6) is 0 Å². The minimum atomic E-state index is -0.159. The summed E-state index contributed by atoms with van der Waals surface area (Å²) < 4.78 is 10.4. The third-order valence-corrected chi connectivity index (χ3v) is 4.11. The van der Waals surface area contributed by atoms with Gasteiger partial charge in [-0.25, -0.2) is 0 Å². The predicted molar refractivity (Wildman–Crippen MR) is 102 cm³/mol. The van der Waals surface area contributed by atoms with Crippen molar-refractivity contribution in [3.05, 3.63) is 11.6 Å². The zero-order chi connectivity index (χ0) is 18.9. The number of allylic oxidation sites excluding steroid dienone is 2. The fraction of sp³-hybridized carbons (Fsp3) is 0.810. The van der Waals surface area contributed by atoms with E-state index >= 15 is 0 Å². The second-order valence-corrected chi connectivity index (χ2v) is 7.11. The number of carbonyl (C=O) groups is 2. The third-order valence-electron chi connectivity index (χ3n) is 4.11. The van der Waals surface area contributed by atoms with E-state index in [0.717, 1.165) is 38.5 Å². The van der Waals surface area contributed by atoms with Gasteiger partial charge in [0, 0.05) is 12.8 Å². The Labute approximate surface area is 154 Å². The van der Waals surface area contributed by atoms with Gasteiger partial charge in [0.15, 0.2) is 0 Å². The number of ether oxygens (including phenoxy) is 2. The van der Waals surface area contributed by atoms with Crippen LogP contribution >= 0.6 is 0 Å². The molecule has 25 heavy (non-hydrogen) atoms. The number of carbonyl (C=O) groups excluding carboxylic acids is 2. The molecule has 0 aromatic carbocycles. The molecule has 1 atom stereocenters. The average molecular weight is 355 g/mol. The normalized spacial score (nSPS) is 11.7. The van der Waals surface area contributed by atoms with E-state index in [9.17, 15) is 9.59 Å². The fourth-order valence-electron chi connectivity index (χ4n) is 2.40. The summed E-state index contributed by atoms with van der Waals surface area (Å²) >= 11 is 0. The van der Waals surface area contributed by atoms with Gasteiger partial charge in [0.05, 0.1) is 13.2 Å². The molecule has 0 saturated carbocycles. The van der Waals surface area contributed by atoms with Gasteiger partial charge in [0.25, 0.3) is 0 Å². The van der Waals surface area contributed by atoms with Gasteiger partial charge in [-0.2, -0.15) is 0 Å². The first-order valence-corrected chi connectivity index (χ1v) is 9.90. The molecule has 4 heteroatoms. The van der Waals surface area contributed by atoms with Crippen molar-refractivity contribution in [2.24, 2.45) is 5.92 Å². The number of rotatable bonds is 15. The van der Waals surface area contributed by atoms with Gasteiger partial charge >= 0.3 is 11.9 Å². The van der Waals surface area contributed by atoms with Gasteiger partial charge in [0.2, 0.25) is 0 Å². The summed E-state index contributed by atoms with van der Waals surface area (Å²) in [4.78, 5) is 23.2. The molecule has 0 saturated heterocycles. The van der Waals surface area contributed by atoms with Gasteiger partial charge in [-0.3, -0.25) is 9.59 Å². The monoisotopic (exact) mass is 354 g/mol. The van der Waals surface area contributed by atoms with E-state index in [0.29, 0.717) is 44.8 Å². The number of hydrogen-bond acceptors (Lipinski definition) is 4. The quantitative estimate of drug-likeness (QED) is 0.218. The Hall–Kier alpha value is -1.32. The Kier molecular flexibility index (Phi) is 15.3. The maximum atomic E-state index is 11.7. The van der Waals surface area contributed by atoms with Crippen molar-refractivity contribution < 1.29 is 19.1 Å². The summed E-state index contributed by atoms with van der Waals surface area (Å²) in [5.41, 5.74) is 1.35. The molecule has 0 spiro atoms. The smallest absolute Gasteiger partial charge is 0.305 e. The van der Waals surface area contributed by atoms with Gasteiger partial charge in [-0.15, -0.1) is 0 Å². The molecule has 0 N–H and O–H groups in total. The topological polar surface area (TPSA) is 52.6 Å². The standard InChI is InChI=1S/C21H38O4/c1-5-6-9-16-24-20(22)13-7-8-14-21(23)25-17-15-19(4)12-10-11-18(2)3/h11,19H,5-10,12-17H2,1-4H3. The van der Waals surface area contributed by atoms with Crippen LogP contribution in [0.15, 0.2) is 11.6 Å². The van der Waals surface area contributed by atoms with Crippen LogP contribution in [-0.4, -0.2) is 25.2 Å². The second-order valence-electron chi connectivity index (χ2n) is 7.11. The Morgan fingerprint density at radius 3 is 2.04 bits per heavy atom. The predicted octanol–water partition coefficient (Wildman–Crippen LogP) is 5.60. The summed E-state index contributed by atoms with van der Waals surface area (Å²) in [6.07, 6.45) is 10.6. The lowest BCUT2D eigenvalue weighted by molar-refractivity contribution is -0.146. The highest BCUT2D eigenvalue weighted by molar-refractivity contribution is 5.70. The Morgan fingerprint density at radius 2 is 1.48 bits per heavy atom. The van der Waals surface area contributed by atoms with Gasteiger partial charge in [-0.1, -0.05) is 38.3 Å². The molecule has 146 valence electrons. The maximum absolute atomic E-state index is 11.7. The van der Waals surface area contributed by atoms with E-state index in [1.165, 1.54) is 5.57 Å². The first-order chi connectivity index (χ1) is 12.0. The van der Waals surface area contributed by atoms with Crippen LogP contribution in [0.3, 0.4) is 0 Å². The van der Waals surface area contributed by atoms with E-state index in [-0.39, 0.29) is 11.9 Å². The number of unbranched alkanes of at least 4 members (excludes halogenated alkanes) is 3. The second kappa shape index (κ2) is 16.2. The van der Waals surface area contributed by atoms with E-state index in [1.54, 1.807) is 0 Å². The van der Waals surface area contributed by atoms with Crippen LogP contribution in [0.25, 0.3) is 0 Å². The van der Waals surface area contributed by atoms with Gasteiger partial charge < -0.3 is 9.47 Å². The number of esters is 2. The Balaban J connectivity index is 3.52. The molecule has 0 aromatic heterocycles. The SMILES string of the molecule is CCCCCOC(=O)CCCCC(=O)OCCC(C)CCC=C(C)C. The van der Waals surface area contributed by atoms with Crippen molar-refractivity contribution in [3.63, 3.8) is 0 Å². The lowest BCUT2D eigenvalue weighted by Crippen LogP contribution is -2.09. The van der Waals surface area contributed by atoms with Crippen LogP contribution in [-0.2, 0) is 19.1 Å². The molecule has 0 aliphatic carbocycles. The van der Waals surface area contributed by atoms with Crippen molar-refractivity contribution in [3.8, 4) is 0 Å². The number of hydrogen-bond donors (Lipinski definition) is 0. The Morgan fingerprint density at radius 1 is 0.880 bits per heavy atom. The van der Waals surface area contributed by atoms with E-state index < -0.39 is 0 Å². The minimum absolute atomic E-state index is 0.158. The summed E-state index contributed by atoms with van der Waals surface area (Å²) in [5.74, 6) is 0.244. The average Bonchev–Trinajstić information content (AvgIpc) is 2.55. The largest absolute Gasteiger partial charge is 0.466 e. The molecule has 0 bridgehead atoms. The van der Waals surface area contributed by atoms with E-state index in [2.05, 4.69) is 33.8 Å². The van der Waals surface area contributed by atoms with Crippen molar-refractivity contribution >= 4 is 11.9 Å². The van der Waals surface area contributed by atoms with Gasteiger partial charge in [0.1, 0.15) is 0 Å². The highest BCUT2D eigenvalue weighted by Crippen LogP contribution is 2.12. The fourth-order valence-corrected chi connectivity index (χ4v) is 2.40. The molecular weight excluding hydrogens is 316 g/mol.